The molecule has 0 saturated heterocycles. The molecule has 1 aromatic carbocycles. The molecule has 0 atom stereocenters. The number of carboxylic acid groups (broad SMARTS) is 1. The molecule has 1 aliphatic carbocycles. The molecule has 1 saturated carbocycles. The fourth-order valence-electron chi connectivity index (χ4n) is 2.59. The first-order valence-corrected chi connectivity index (χ1v) is 7.57. The van der Waals surface area contributed by atoms with Crippen LogP contribution in [-0.2, 0) is 0 Å². The van der Waals surface area contributed by atoms with Crippen molar-refractivity contribution in [2.45, 2.75) is 45.6 Å². The van der Waals surface area contributed by atoms with Gasteiger partial charge in [-0.3, -0.25) is 0 Å². The molecule has 0 bridgehead atoms. The Bertz CT molecular complexity index is 521. The van der Waals surface area contributed by atoms with Crippen molar-refractivity contribution in [3.8, 4) is 0 Å². The summed E-state index contributed by atoms with van der Waals surface area (Å²) in [6.07, 6.45) is 4.23. The van der Waals surface area contributed by atoms with Crippen molar-refractivity contribution >= 4 is 27.6 Å². The summed E-state index contributed by atoms with van der Waals surface area (Å²) in [5.74, 6) is -1.67. The molecule has 2 N–H and O–H groups in total. The van der Waals surface area contributed by atoms with E-state index in [2.05, 4.69) is 35.1 Å². The molecule has 2 rings (SSSR count). The number of halogens is 2. The predicted molar refractivity (Wildman–Crippen MR) is 80.7 cm³/mol. The second-order valence-corrected chi connectivity index (χ2v) is 6.97. The van der Waals surface area contributed by atoms with Crippen molar-refractivity contribution in [1.29, 1.82) is 0 Å². The number of carboxylic acids is 1. The van der Waals surface area contributed by atoms with Crippen LogP contribution >= 0.6 is 15.9 Å². The monoisotopic (exact) mass is 343 g/mol. The normalized spacial score (nSPS) is 18.8. The van der Waals surface area contributed by atoms with Crippen molar-refractivity contribution in [2.75, 3.05) is 5.32 Å². The second-order valence-electron chi connectivity index (χ2n) is 6.18. The Labute approximate surface area is 126 Å². The largest absolute Gasteiger partial charge is 0.478 e. The summed E-state index contributed by atoms with van der Waals surface area (Å²) in [6, 6.07) is 3.17. The zero-order chi connectivity index (χ0) is 14.9. The Kier molecular flexibility index (Phi) is 4.37. The molecular weight excluding hydrogens is 325 g/mol. The Hall–Kier alpha value is -1.10. The Morgan fingerprint density at radius 3 is 2.55 bits per heavy atom. The maximum absolute atomic E-state index is 14.2. The molecule has 0 unspecified atom stereocenters. The van der Waals surface area contributed by atoms with E-state index in [4.69, 9.17) is 5.11 Å². The summed E-state index contributed by atoms with van der Waals surface area (Å²) in [5, 5.41) is 12.1. The number of carbonyl (C=O) groups is 1. The molecule has 1 aliphatic rings. The van der Waals surface area contributed by atoms with E-state index in [0.29, 0.717) is 11.1 Å². The van der Waals surface area contributed by atoms with Crippen LogP contribution in [0.4, 0.5) is 10.1 Å². The van der Waals surface area contributed by atoms with Crippen LogP contribution in [0.1, 0.15) is 49.9 Å². The highest BCUT2D eigenvalue weighted by Gasteiger charge is 2.27. The smallest absolute Gasteiger partial charge is 0.336 e. The summed E-state index contributed by atoms with van der Waals surface area (Å²) in [6.45, 7) is 4.50. The summed E-state index contributed by atoms with van der Waals surface area (Å²) in [7, 11) is 0. The van der Waals surface area contributed by atoms with Gasteiger partial charge in [-0.15, -0.1) is 0 Å². The van der Waals surface area contributed by atoms with Crippen molar-refractivity contribution in [3.05, 3.63) is 28.0 Å². The Morgan fingerprint density at radius 1 is 1.40 bits per heavy atom. The van der Waals surface area contributed by atoms with Gasteiger partial charge in [-0.05, 0) is 59.2 Å². The average Bonchev–Trinajstić information content (AvgIpc) is 2.37. The molecule has 0 aromatic heterocycles. The third kappa shape index (κ3) is 3.32. The average molecular weight is 344 g/mol. The summed E-state index contributed by atoms with van der Waals surface area (Å²) >= 11 is 3.02. The number of rotatable bonds is 3. The van der Waals surface area contributed by atoms with E-state index in [1.165, 1.54) is 12.1 Å². The Morgan fingerprint density at radius 2 is 2.00 bits per heavy atom. The molecule has 20 heavy (non-hydrogen) atoms. The van der Waals surface area contributed by atoms with Gasteiger partial charge >= 0.3 is 5.97 Å². The van der Waals surface area contributed by atoms with E-state index >= 15 is 0 Å². The van der Waals surface area contributed by atoms with Crippen molar-refractivity contribution in [3.63, 3.8) is 0 Å². The van der Waals surface area contributed by atoms with Gasteiger partial charge in [0, 0.05) is 6.04 Å². The number of aromatic carboxylic acids is 1. The molecular formula is C15H19BrFNO2. The lowest BCUT2D eigenvalue weighted by atomic mass is 9.75. The fraction of sp³-hybridized carbons (Fsp3) is 0.533. The van der Waals surface area contributed by atoms with E-state index in [1.807, 2.05) is 0 Å². The van der Waals surface area contributed by atoms with Gasteiger partial charge in [-0.25, -0.2) is 9.18 Å². The van der Waals surface area contributed by atoms with Crippen molar-refractivity contribution in [1.82, 2.24) is 0 Å². The highest BCUT2D eigenvalue weighted by atomic mass is 79.9. The molecule has 1 aromatic rings. The van der Waals surface area contributed by atoms with E-state index in [1.54, 1.807) is 0 Å². The van der Waals surface area contributed by atoms with Crippen molar-refractivity contribution in [2.24, 2.45) is 5.41 Å². The highest BCUT2D eigenvalue weighted by Crippen LogP contribution is 2.37. The third-order valence-corrected chi connectivity index (χ3v) is 4.79. The maximum atomic E-state index is 14.2. The van der Waals surface area contributed by atoms with Gasteiger partial charge < -0.3 is 10.4 Å². The minimum atomic E-state index is -1.14. The zero-order valence-electron chi connectivity index (χ0n) is 11.7. The molecule has 0 aliphatic heterocycles. The number of anilines is 1. The molecule has 0 amide bonds. The van der Waals surface area contributed by atoms with E-state index in [0.717, 1.165) is 25.7 Å². The van der Waals surface area contributed by atoms with Crippen LogP contribution in [0.5, 0.6) is 0 Å². The molecule has 0 radical (unpaired) electrons. The standard InChI is InChI=1S/C15H19BrFNO2/c1-15(2)7-5-9(6-8-15)18-11-4-3-10(14(19)20)12(16)13(11)17/h3-4,9,18H,5-8H2,1-2H3,(H,19,20). The molecule has 5 heteroatoms. The van der Waals surface area contributed by atoms with Crippen LogP contribution in [-0.4, -0.2) is 17.1 Å². The van der Waals surface area contributed by atoms with Crippen LogP contribution in [0.25, 0.3) is 0 Å². The van der Waals surface area contributed by atoms with Crippen LogP contribution < -0.4 is 5.32 Å². The van der Waals surface area contributed by atoms with E-state index < -0.39 is 11.8 Å². The topological polar surface area (TPSA) is 49.3 Å². The van der Waals surface area contributed by atoms with Gasteiger partial charge in [0.2, 0.25) is 0 Å². The zero-order valence-corrected chi connectivity index (χ0v) is 13.3. The Balaban J connectivity index is 2.11. The second kappa shape index (κ2) is 5.72. The first kappa shape index (κ1) is 15.3. The lowest BCUT2D eigenvalue weighted by Crippen LogP contribution is -2.30. The molecule has 1 fully saturated rings. The van der Waals surface area contributed by atoms with Gasteiger partial charge in [-0.2, -0.15) is 0 Å². The molecule has 0 heterocycles. The first-order chi connectivity index (χ1) is 9.30. The third-order valence-electron chi connectivity index (χ3n) is 4.01. The maximum Gasteiger partial charge on any atom is 0.336 e. The van der Waals surface area contributed by atoms with Crippen LogP contribution in [0.2, 0.25) is 0 Å². The summed E-state index contributed by atoms with van der Waals surface area (Å²) in [5.41, 5.74) is 0.675. The quantitative estimate of drug-likeness (QED) is 0.838. The molecule has 3 nitrogen and oxygen atoms in total. The lowest BCUT2D eigenvalue weighted by Gasteiger charge is -2.35. The van der Waals surface area contributed by atoms with Gasteiger partial charge in [0.25, 0.3) is 0 Å². The highest BCUT2D eigenvalue weighted by molar-refractivity contribution is 9.10. The van der Waals surface area contributed by atoms with Crippen LogP contribution in [0.3, 0.4) is 0 Å². The first-order valence-electron chi connectivity index (χ1n) is 6.78. The summed E-state index contributed by atoms with van der Waals surface area (Å²) in [4.78, 5) is 10.9. The fourth-order valence-corrected chi connectivity index (χ4v) is 3.10. The minimum absolute atomic E-state index is 0.00568. The number of nitrogens with one attached hydrogen (secondary N) is 1. The number of hydrogen-bond acceptors (Lipinski definition) is 2. The molecule has 110 valence electrons. The van der Waals surface area contributed by atoms with Gasteiger partial charge in [0.15, 0.2) is 5.82 Å². The van der Waals surface area contributed by atoms with Gasteiger partial charge in [-0.1, -0.05) is 13.8 Å². The van der Waals surface area contributed by atoms with Crippen LogP contribution in [0.15, 0.2) is 16.6 Å². The van der Waals surface area contributed by atoms with E-state index in [9.17, 15) is 9.18 Å². The summed E-state index contributed by atoms with van der Waals surface area (Å²) < 4.78 is 14.2. The van der Waals surface area contributed by atoms with Gasteiger partial charge in [0.1, 0.15) is 0 Å². The number of hydrogen-bond donors (Lipinski definition) is 2. The molecule has 0 spiro atoms. The van der Waals surface area contributed by atoms with Gasteiger partial charge in [0.05, 0.1) is 15.7 Å². The number of benzene rings is 1. The van der Waals surface area contributed by atoms with Crippen molar-refractivity contribution < 1.29 is 14.3 Å². The van der Waals surface area contributed by atoms with E-state index in [-0.39, 0.29) is 16.1 Å². The lowest BCUT2D eigenvalue weighted by molar-refractivity contribution is 0.0695. The SMILES string of the molecule is CC1(C)CCC(Nc2ccc(C(=O)O)c(Br)c2F)CC1. The minimum Gasteiger partial charge on any atom is -0.478 e. The predicted octanol–water partition coefficient (Wildman–Crippen LogP) is 4.67. The van der Waals surface area contributed by atoms with Crippen LogP contribution in [0, 0.1) is 11.2 Å².